The van der Waals surface area contributed by atoms with Crippen molar-refractivity contribution in [2.75, 3.05) is 6.61 Å². The molecule has 2 atom stereocenters. The Morgan fingerprint density at radius 2 is 2.17 bits per heavy atom. The first-order valence-electron chi connectivity index (χ1n) is 8.24. The van der Waals surface area contributed by atoms with Gasteiger partial charge in [-0.15, -0.1) is 11.8 Å². The summed E-state index contributed by atoms with van der Waals surface area (Å²) >= 11 is 1.81. The van der Waals surface area contributed by atoms with E-state index in [-0.39, 0.29) is 5.43 Å². The molecule has 6 heteroatoms. The molecule has 1 fully saturated rings. The van der Waals surface area contributed by atoms with Crippen molar-refractivity contribution < 1.29 is 9.53 Å². The molecule has 24 heavy (non-hydrogen) atoms. The Balaban J connectivity index is 1.99. The minimum absolute atomic E-state index is 0.105. The van der Waals surface area contributed by atoms with Gasteiger partial charge in [0.2, 0.25) is 5.91 Å². The van der Waals surface area contributed by atoms with Gasteiger partial charge in [0, 0.05) is 39.4 Å². The molecule has 0 saturated heterocycles. The molecule has 0 spiro atoms. The number of nitrogens with two attached hydrogens (primary N) is 1. The molecular weight excluding hydrogens is 324 g/mol. The number of hydrogen-bond acceptors (Lipinski definition) is 4. The lowest BCUT2D eigenvalue weighted by molar-refractivity contribution is -0.122. The maximum absolute atomic E-state index is 12.5. The highest BCUT2D eigenvalue weighted by Gasteiger charge is 2.27. The number of aromatic nitrogens is 1. The Morgan fingerprint density at radius 1 is 1.42 bits per heavy atom. The van der Waals surface area contributed by atoms with Crippen molar-refractivity contribution in [2.45, 2.75) is 48.9 Å². The molecule has 1 aliphatic carbocycles. The van der Waals surface area contributed by atoms with E-state index in [9.17, 15) is 9.59 Å². The molecule has 3 rings (SSSR count). The molecule has 1 aromatic carbocycles. The van der Waals surface area contributed by atoms with Crippen LogP contribution in [-0.2, 0) is 9.53 Å². The van der Waals surface area contributed by atoms with Crippen LogP contribution in [0.1, 0.15) is 38.3 Å². The highest BCUT2D eigenvalue weighted by atomic mass is 32.2. The number of benzene rings is 1. The third kappa shape index (κ3) is 3.65. The zero-order chi connectivity index (χ0) is 17.3. The lowest BCUT2D eigenvalue weighted by Gasteiger charge is -2.21. The van der Waals surface area contributed by atoms with Crippen LogP contribution < -0.4 is 11.2 Å². The number of thioether (sulfide) groups is 1. The smallest absolute Gasteiger partial charge is 0.229 e. The van der Waals surface area contributed by atoms with Gasteiger partial charge in [-0.1, -0.05) is 0 Å². The lowest BCUT2D eigenvalue weighted by Crippen LogP contribution is -2.33. The highest BCUT2D eigenvalue weighted by Crippen LogP contribution is 2.39. The number of aromatic amines is 1. The standard InChI is InChI=1S/C18H22N2O3S/c1-3-23-10(2)17(18(19)22)15-9-16(21)13-8-12(24-11-4-5-11)6-7-14(13)20-15/h6-11,17H,3-5H2,1-2H3,(H2,19,22)(H,20,21). The van der Waals surface area contributed by atoms with Gasteiger partial charge in [-0.3, -0.25) is 9.59 Å². The van der Waals surface area contributed by atoms with Crippen molar-refractivity contribution in [3.05, 3.63) is 40.2 Å². The second-order valence-electron chi connectivity index (χ2n) is 6.15. The summed E-state index contributed by atoms with van der Waals surface area (Å²) in [6.45, 7) is 4.12. The summed E-state index contributed by atoms with van der Waals surface area (Å²) in [5.41, 5.74) is 6.65. The number of primary amides is 1. The van der Waals surface area contributed by atoms with E-state index >= 15 is 0 Å². The van der Waals surface area contributed by atoms with Crippen LogP contribution in [0, 0.1) is 0 Å². The average Bonchev–Trinajstić information content (AvgIpc) is 3.32. The van der Waals surface area contributed by atoms with Crippen LogP contribution in [0.3, 0.4) is 0 Å². The summed E-state index contributed by atoms with van der Waals surface area (Å²) in [4.78, 5) is 28.7. The van der Waals surface area contributed by atoms with E-state index in [4.69, 9.17) is 10.5 Å². The third-order valence-electron chi connectivity index (χ3n) is 4.19. The number of amides is 1. The Labute approximate surface area is 145 Å². The van der Waals surface area contributed by atoms with Gasteiger partial charge in [-0.05, 0) is 44.9 Å². The summed E-state index contributed by atoms with van der Waals surface area (Å²) in [6, 6.07) is 7.30. The average molecular weight is 346 g/mol. The lowest BCUT2D eigenvalue weighted by atomic mass is 9.97. The molecule has 1 heterocycles. The predicted molar refractivity (Wildman–Crippen MR) is 96.5 cm³/mol. The van der Waals surface area contributed by atoms with Gasteiger partial charge in [0.15, 0.2) is 5.43 Å². The van der Waals surface area contributed by atoms with E-state index in [1.807, 2.05) is 36.9 Å². The van der Waals surface area contributed by atoms with Crippen LogP contribution in [-0.4, -0.2) is 28.9 Å². The van der Waals surface area contributed by atoms with Crippen molar-refractivity contribution in [3.63, 3.8) is 0 Å². The van der Waals surface area contributed by atoms with Gasteiger partial charge in [0.25, 0.3) is 0 Å². The van der Waals surface area contributed by atoms with Crippen LogP contribution in [0.25, 0.3) is 10.9 Å². The first-order valence-corrected chi connectivity index (χ1v) is 9.12. The van der Waals surface area contributed by atoms with Crippen LogP contribution in [0.5, 0.6) is 0 Å². The van der Waals surface area contributed by atoms with Crippen LogP contribution >= 0.6 is 11.8 Å². The minimum atomic E-state index is -0.678. The predicted octanol–water partition coefficient (Wildman–Crippen LogP) is 2.78. The number of H-pyrrole nitrogens is 1. The van der Waals surface area contributed by atoms with Crippen molar-refractivity contribution in [3.8, 4) is 0 Å². The summed E-state index contributed by atoms with van der Waals surface area (Å²) in [5.74, 6) is -1.19. The molecule has 2 aromatic rings. The Hall–Kier alpha value is -1.79. The van der Waals surface area contributed by atoms with Gasteiger partial charge >= 0.3 is 0 Å². The van der Waals surface area contributed by atoms with Crippen molar-refractivity contribution >= 4 is 28.6 Å². The molecule has 0 aliphatic heterocycles. The first-order chi connectivity index (χ1) is 11.5. The fourth-order valence-corrected chi connectivity index (χ4v) is 3.95. The molecule has 3 N–H and O–H groups in total. The number of pyridine rings is 1. The van der Waals surface area contributed by atoms with Crippen LogP contribution in [0.2, 0.25) is 0 Å². The Morgan fingerprint density at radius 3 is 2.79 bits per heavy atom. The number of nitrogens with one attached hydrogen (secondary N) is 1. The number of rotatable bonds is 7. The number of hydrogen-bond donors (Lipinski definition) is 2. The zero-order valence-corrected chi connectivity index (χ0v) is 14.7. The Kier molecular flexibility index (Phi) is 4.96. The molecular formula is C18H22N2O3S. The topological polar surface area (TPSA) is 85.2 Å². The number of fused-ring (bicyclic) bond motifs is 1. The summed E-state index contributed by atoms with van der Waals surface area (Å²) in [5, 5.41) is 1.32. The number of carbonyl (C=O) groups is 1. The normalized spacial score (nSPS) is 16.9. The van der Waals surface area contributed by atoms with Gasteiger partial charge in [0.1, 0.15) is 5.92 Å². The molecule has 0 radical (unpaired) electrons. The van der Waals surface area contributed by atoms with Crippen LogP contribution in [0.4, 0.5) is 0 Å². The van der Waals surface area contributed by atoms with Crippen molar-refractivity contribution in [1.82, 2.24) is 4.98 Å². The molecule has 5 nitrogen and oxygen atoms in total. The van der Waals surface area contributed by atoms with Gasteiger partial charge in [0.05, 0.1) is 6.10 Å². The van der Waals surface area contributed by atoms with E-state index in [2.05, 4.69) is 4.98 Å². The maximum Gasteiger partial charge on any atom is 0.229 e. The molecule has 1 amide bonds. The monoisotopic (exact) mass is 346 g/mol. The maximum atomic E-state index is 12.5. The van der Waals surface area contributed by atoms with E-state index in [1.54, 1.807) is 6.92 Å². The van der Waals surface area contributed by atoms with Gasteiger partial charge < -0.3 is 15.5 Å². The van der Waals surface area contributed by atoms with E-state index in [1.165, 1.54) is 18.9 Å². The highest BCUT2D eigenvalue weighted by molar-refractivity contribution is 8.00. The first kappa shape index (κ1) is 17.0. The third-order valence-corrected chi connectivity index (χ3v) is 5.52. The van der Waals surface area contributed by atoms with Gasteiger partial charge in [-0.25, -0.2) is 0 Å². The fraction of sp³-hybridized carbons (Fsp3) is 0.444. The number of ether oxygens (including phenoxy) is 1. The van der Waals surface area contributed by atoms with Gasteiger partial charge in [-0.2, -0.15) is 0 Å². The fourth-order valence-electron chi connectivity index (χ4n) is 2.86. The molecule has 1 aromatic heterocycles. The van der Waals surface area contributed by atoms with E-state index in [0.29, 0.717) is 28.5 Å². The largest absolute Gasteiger partial charge is 0.378 e. The molecule has 2 unspecified atom stereocenters. The molecule has 1 saturated carbocycles. The second-order valence-corrected chi connectivity index (χ2v) is 7.53. The number of carbonyl (C=O) groups excluding carboxylic acids is 1. The summed E-state index contributed by atoms with van der Waals surface area (Å²) in [6.07, 6.45) is 2.09. The minimum Gasteiger partial charge on any atom is -0.378 e. The zero-order valence-electron chi connectivity index (χ0n) is 13.9. The van der Waals surface area contributed by atoms with Crippen LogP contribution in [0.15, 0.2) is 34.0 Å². The molecule has 0 bridgehead atoms. The van der Waals surface area contributed by atoms with E-state index in [0.717, 1.165) is 4.90 Å². The second kappa shape index (κ2) is 6.99. The SMILES string of the molecule is CCOC(C)C(C(N)=O)c1cc(=O)c2cc(SC3CC3)ccc2[nH]1. The summed E-state index contributed by atoms with van der Waals surface area (Å²) < 4.78 is 5.52. The molecule has 128 valence electrons. The van der Waals surface area contributed by atoms with E-state index < -0.39 is 17.9 Å². The quantitative estimate of drug-likeness (QED) is 0.807. The summed E-state index contributed by atoms with van der Waals surface area (Å²) in [7, 11) is 0. The molecule has 1 aliphatic rings. The van der Waals surface area contributed by atoms with Crippen molar-refractivity contribution in [2.24, 2.45) is 5.73 Å². The van der Waals surface area contributed by atoms with Crippen molar-refractivity contribution in [1.29, 1.82) is 0 Å². The Bertz CT molecular complexity index is 814.